The van der Waals surface area contributed by atoms with Crippen molar-refractivity contribution in [3.8, 4) is 0 Å². The molecule has 0 aromatic heterocycles. The Morgan fingerprint density at radius 3 is 3.00 bits per heavy atom. The number of rotatable bonds is 6. The molecule has 90 valence electrons. The van der Waals surface area contributed by atoms with Crippen LogP contribution in [0.3, 0.4) is 0 Å². The van der Waals surface area contributed by atoms with Gasteiger partial charge in [-0.1, -0.05) is 19.8 Å². The highest BCUT2D eigenvalue weighted by Crippen LogP contribution is 2.31. The van der Waals surface area contributed by atoms with E-state index < -0.39 is 5.60 Å². The van der Waals surface area contributed by atoms with Gasteiger partial charge in [-0.15, -0.1) is 0 Å². The lowest BCUT2D eigenvalue weighted by Crippen LogP contribution is -2.44. The summed E-state index contributed by atoms with van der Waals surface area (Å²) in [7, 11) is 0. The highest BCUT2D eigenvalue weighted by atomic mass is 16.5. The van der Waals surface area contributed by atoms with E-state index in [-0.39, 0.29) is 0 Å². The lowest BCUT2D eigenvalue weighted by molar-refractivity contribution is -0.0127. The van der Waals surface area contributed by atoms with Crippen LogP contribution in [0.15, 0.2) is 0 Å². The number of ether oxygens (including phenoxy) is 1. The van der Waals surface area contributed by atoms with Crippen molar-refractivity contribution < 1.29 is 9.84 Å². The number of nitrogens with one attached hydrogen (secondary N) is 1. The van der Waals surface area contributed by atoms with E-state index in [0.717, 1.165) is 39.0 Å². The van der Waals surface area contributed by atoms with Crippen molar-refractivity contribution in [2.45, 2.75) is 45.1 Å². The van der Waals surface area contributed by atoms with E-state index in [9.17, 15) is 5.11 Å². The zero-order chi connectivity index (χ0) is 11.1. The fourth-order valence-electron chi connectivity index (χ4n) is 2.40. The van der Waals surface area contributed by atoms with Crippen LogP contribution in [-0.2, 0) is 4.74 Å². The minimum absolute atomic E-state index is 0.468. The van der Waals surface area contributed by atoms with E-state index in [2.05, 4.69) is 12.2 Å². The quantitative estimate of drug-likeness (QED) is 0.661. The molecule has 1 aliphatic carbocycles. The van der Waals surface area contributed by atoms with Crippen LogP contribution in [0.4, 0.5) is 0 Å². The standard InChI is InChI=1S/C12H25NO2/c1-3-15-8-7-13-10-12(14)6-4-5-11(2)9-12/h11,13-14H,3-10H2,1-2H3. The van der Waals surface area contributed by atoms with Crippen molar-refractivity contribution in [3.63, 3.8) is 0 Å². The number of hydrogen-bond acceptors (Lipinski definition) is 3. The van der Waals surface area contributed by atoms with Crippen molar-refractivity contribution in [2.24, 2.45) is 5.92 Å². The van der Waals surface area contributed by atoms with Crippen LogP contribution in [0.2, 0.25) is 0 Å². The van der Waals surface area contributed by atoms with Gasteiger partial charge in [-0.3, -0.25) is 0 Å². The Morgan fingerprint density at radius 1 is 1.53 bits per heavy atom. The summed E-state index contributed by atoms with van der Waals surface area (Å²) in [6, 6.07) is 0. The summed E-state index contributed by atoms with van der Waals surface area (Å²) in [6.45, 7) is 7.28. The molecule has 1 saturated carbocycles. The maximum absolute atomic E-state index is 10.3. The van der Waals surface area contributed by atoms with Crippen molar-refractivity contribution in [2.75, 3.05) is 26.3 Å². The number of hydrogen-bond donors (Lipinski definition) is 2. The monoisotopic (exact) mass is 215 g/mol. The second-order valence-corrected chi connectivity index (χ2v) is 4.80. The minimum Gasteiger partial charge on any atom is -0.389 e. The molecule has 0 saturated heterocycles. The average molecular weight is 215 g/mol. The molecule has 0 radical (unpaired) electrons. The molecule has 0 aromatic carbocycles. The van der Waals surface area contributed by atoms with Crippen molar-refractivity contribution in [3.05, 3.63) is 0 Å². The summed E-state index contributed by atoms with van der Waals surface area (Å²) in [5.74, 6) is 0.664. The Morgan fingerprint density at radius 2 is 2.33 bits per heavy atom. The molecule has 3 nitrogen and oxygen atoms in total. The molecule has 1 fully saturated rings. The van der Waals surface area contributed by atoms with Gasteiger partial charge in [-0.05, 0) is 25.7 Å². The third-order valence-electron chi connectivity index (χ3n) is 3.15. The smallest absolute Gasteiger partial charge is 0.0774 e. The molecular formula is C12H25NO2. The fraction of sp³-hybridized carbons (Fsp3) is 1.00. The van der Waals surface area contributed by atoms with Gasteiger partial charge < -0.3 is 15.2 Å². The first-order valence-electron chi connectivity index (χ1n) is 6.17. The van der Waals surface area contributed by atoms with Crippen molar-refractivity contribution in [1.29, 1.82) is 0 Å². The Balaban J connectivity index is 2.12. The SMILES string of the molecule is CCOCCNCC1(O)CCCC(C)C1. The Bertz CT molecular complexity index is 175. The molecule has 0 aromatic rings. The van der Waals surface area contributed by atoms with E-state index in [4.69, 9.17) is 4.74 Å². The fourth-order valence-corrected chi connectivity index (χ4v) is 2.40. The van der Waals surface area contributed by atoms with Crippen LogP contribution in [-0.4, -0.2) is 37.0 Å². The second kappa shape index (κ2) is 6.46. The van der Waals surface area contributed by atoms with Gasteiger partial charge in [0.05, 0.1) is 12.2 Å². The highest BCUT2D eigenvalue weighted by molar-refractivity contribution is 4.86. The van der Waals surface area contributed by atoms with Crippen LogP contribution >= 0.6 is 0 Å². The normalized spacial score (nSPS) is 31.8. The lowest BCUT2D eigenvalue weighted by atomic mass is 9.79. The zero-order valence-corrected chi connectivity index (χ0v) is 10.1. The molecule has 2 unspecified atom stereocenters. The summed E-state index contributed by atoms with van der Waals surface area (Å²) >= 11 is 0. The van der Waals surface area contributed by atoms with Crippen molar-refractivity contribution >= 4 is 0 Å². The van der Waals surface area contributed by atoms with Crippen LogP contribution in [0.1, 0.15) is 39.5 Å². The molecule has 3 heteroatoms. The van der Waals surface area contributed by atoms with Gasteiger partial charge in [-0.25, -0.2) is 0 Å². The van der Waals surface area contributed by atoms with E-state index >= 15 is 0 Å². The first-order chi connectivity index (χ1) is 7.16. The van der Waals surface area contributed by atoms with E-state index in [1.165, 1.54) is 6.42 Å². The van der Waals surface area contributed by atoms with Gasteiger partial charge in [0.2, 0.25) is 0 Å². The molecule has 0 bridgehead atoms. The predicted octanol–water partition coefficient (Wildman–Crippen LogP) is 1.55. The first kappa shape index (κ1) is 12.9. The maximum atomic E-state index is 10.3. The molecule has 2 atom stereocenters. The molecule has 0 spiro atoms. The molecule has 1 rings (SSSR count). The molecule has 0 amide bonds. The zero-order valence-electron chi connectivity index (χ0n) is 10.1. The Labute approximate surface area is 93.2 Å². The first-order valence-corrected chi connectivity index (χ1v) is 6.17. The largest absolute Gasteiger partial charge is 0.389 e. The summed E-state index contributed by atoms with van der Waals surface area (Å²) in [6.07, 6.45) is 4.31. The van der Waals surface area contributed by atoms with Gasteiger partial charge in [-0.2, -0.15) is 0 Å². The van der Waals surface area contributed by atoms with Gasteiger partial charge in [0.25, 0.3) is 0 Å². The van der Waals surface area contributed by atoms with Crippen LogP contribution in [0.5, 0.6) is 0 Å². The highest BCUT2D eigenvalue weighted by Gasteiger charge is 2.31. The second-order valence-electron chi connectivity index (χ2n) is 4.80. The molecular weight excluding hydrogens is 190 g/mol. The van der Waals surface area contributed by atoms with Crippen LogP contribution in [0, 0.1) is 5.92 Å². The third-order valence-corrected chi connectivity index (χ3v) is 3.15. The van der Waals surface area contributed by atoms with E-state index in [0.29, 0.717) is 12.5 Å². The average Bonchev–Trinajstić information content (AvgIpc) is 2.17. The van der Waals surface area contributed by atoms with Gasteiger partial charge in [0.15, 0.2) is 0 Å². The third kappa shape index (κ3) is 4.96. The number of aliphatic hydroxyl groups is 1. The lowest BCUT2D eigenvalue weighted by Gasteiger charge is -2.35. The van der Waals surface area contributed by atoms with Gasteiger partial charge in [0.1, 0.15) is 0 Å². The van der Waals surface area contributed by atoms with Gasteiger partial charge >= 0.3 is 0 Å². The molecule has 1 aliphatic rings. The van der Waals surface area contributed by atoms with Gasteiger partial charge in [0, 0.05) is 19.7 Å². The Kier molecular flexibility index (Phi) is 5.58. The molecule has 15 heavy (non-hydrogen) atoms. The van der Waals surface area contributed by atoms with E-state index in [1.54, 1.807) is 0 Å². The predicted molar refractivity (Wildman–Crippen MR) is 61.9 cm³/mol. The summed E-state index contributed by atoms with van der Waals surface area (Å²) < 4.78 is 5.23. The molecule has 0 heterocycles. The summed E-state index contributed by atoms with van der Waals surface area (Å²) in [4.78, 5) is 0. The topological polar surface area (TPSA) is 41.5 Å². The summed E-state index contributed by atoms with van der Waals surface area (Å²) in [5.41, 5.74) is -0.468. The van der Waals surface area contributed by atoms with Crippen LogP contribution < -0.4 is 5.32 Å². The van der Waals surface area contributed by atoms with E-state index in [1.807, 2.05) is 6.92 Å². The summed E-state index contributed by atoms with van der Waals surface area (Å²) in [5, 5.41) is 13.6. The molecule has 0 aliphatic heterocycles. The molecule has 2 N–H and O–H groups in total. The minimum atomic E-state index is -0.468. The Hall–Kier alpha value is -0.120. The van der Waals surface area contributed by atoms with Crippen molar-refractivity contribution in [1.82, 2.24) is 5.32 Å². The maximum Gasteiger partial charge on any atom is 0.0774 e. The van der Waals surface area contributed by atoms with Crippen LogP contribution in [0.25, 0.3) is 0 Å².